The van der Waals surface area contributed by atoms with Gasteiger partial charge in [-0.15, -0.1) is 11.3 Å². The Bertz CT molecular complexity index is 254. The standard InChI is InChI=1S/C11H16O2S/c1-2-6-13-7-5-10(12)9-11-4-3-8-14-11/h3-4,8H,2,5-7,9H2,1H3. The minimum Gasteiger partial charge on any atom is -0.381 e. The Hall–Kier alpha value is -0.670. The molecule has 0 unspecified atom stereocenters. The molecular weight excluding hydrogens is 196 g/mol. The topological polar surface area (TPSA) is 26.3 Å². The maximum Gasteiger partial charge on any atom is 0.140 e. The number of Topliss-reactive ketones (excluding diaryl/α,β-unsaturated/α-hetero) is 1. The summed E-state index contributed by atoms with van der Waals surface area (Å²) in [6, 6.07) is 3.97. The Morgan fingerprint density at radius 2 is 2.36 bits per heavy atom. The lowest BCUT2D eigenvalue weighted by Crippen LogP contribution is -2.06. The monoisotopic (exact) mass is 212 g/mol. The van der Waals surface area contributed by atoms with Gasteiger partial charge in [-0.1, -0.05) is 13.0 Å². The molecule has 1 aromatic heterocycles. The van der Waals surface area contributed by atoms with Crippen molar-refractivity contribution in [3.8, 4) is 0 Å². The van der Waals surface area contributed by atoms with Gasteiger partial charge in [-0.05, 0) is 17.9 Å². The Morgan fingerprint density at radius 3 is 3.00 bits per heavy atom. The summed E-state index contributed by atoms with van der Waals surface area (Å²) in [7, 11) is 0. The van der Waals surface area contributed by atoms with Crippen molar-refractivity contribution in [3.63, 3.8) is 0 Å². The first-order valence-electron chi connectivity index (χ1n) is 4.94. The van der Waals surface area contributed by atoms with E-state index in [0.717, 1.165) is 17.9 Å². The molecular formula is C11H16O2S. The van der Waals surface area contributed by atoms with Crippen LogP contribution < -0.4 is 0 Å². The van der Waals surface area contributed by atoms with E-state index in [-0.39, 0.29) is 5.78 Å². The van der Waals surface area contributed by atoms with Gasteiger partial charge in [0.05, 0.1) is 6.61 Å². The average Bonchev–Trinajstić information content (AvgIpc) is 2.65. The molecule has 0 radical (unpaired) electrons. The normalized spacial score (nSPS) is 10.4. The van der Waals surface area contributed by atoms with E-state index in [0.29, 0.717) is 19.4 Å². The van der Waals surface area contributed by atoms with Crippen LogP contribution in [0, 0.1) is 0 Å². The molecule has 0 aromatic carbocycles. The van der Waals surface area contributed by atoms with Crippen LogP contribution in [0.2, 0.25) is 0 Å². The second-order valence-electron chi connectivity index (χ2n) is 3.16. The Labute approximate surface area is 88.9 Å². The minimum atomic E-state index is 0.267. The fraction of sp³-hybridized carbons (Fsp3) is 0.545. The molecule has 0 atom stereocenters. The largest absolute Gasteiger partial charge is 0.381 e. The number of rotatable bonds is 7. The molecule has 14 heavy (non-hydrogen) atoms. The molecule has 1 rings (SSSR count). The number of ether oxygens (including phenoxy) is 1. The zero-order chi connectivity index (χ0) is 10.2. The third kappa shape index (κ3) is 4.53. The van der Waals surface area contributed by atoms with Crippen LogP contribution in [0.25, 0.3) is 0 Å². The van der Waals surface area contributed by atoms with Gasteiger partial charge in [0, 0.05) is 24.3 Å². The molecule has 0 amide bonds. The van der Waals surface area contributed by atoms with Gasteiger partial charge in [0.25, 0.3) is 0 Å². The highest BCUT2D eigenvalue weighted by Crippen LogP contribution is 2.10. The van der Waals surface area contributed by atoms with Crippen molar-refractivity contribution in [1.82, 2.24) is 0 Å². The predicted octanol–water partition coefficient (Wildman–Crippen LogP) is 2.68. The van der Waals surface area contributed by atoms with E-state index >= 15 is 0 Å². The number of hydrogen-bond donors (Lipinski definition) is 0. The molecule has 0 saturated carbocycles. The molecule has 2 nitrogen and oxygen atoms in total. The predicted molar refractivity (Wildman–Crippen MR) is 58.8 cm³/mol. The fourth-order valence-electron chi connectivity index (χ4n) is 1.13. The summed E-state index contributed by atoms with van der Waals surface area (Å²) in [6.45, 7) is 3.39. The molecule has 1 aromatic rings. The first kappa shape index (κ1) is 11.4. The van der Waals surface area contributed by atoms with E-state index in [1.807, 2.05) is 17.5 Å². The zero-order valence-corrected chi connectivity index (χ0v) is 9.31. The number of thiophene rings is 1. The highest BCUT2D eigenvalue weighted by atomic mass is 32.1. The summed E-state index contributed by atoms with van der Waals surface area (Å²) < 4.78 is 5.26. The van der Waals surface area contributed by atoms with E-state index in [1.165, 1.54) is 0 Å². The van der Waals surface area contributed by atoms with Gasteiger partial charge in [0.15, 0.2) is 0 Å². The molecule has 0 spiro atoms. The quantitative estimate of drug-likeness (QED) is 0.649. The van der Waals surface area contributed by atoms with E-state index in [1.54, 1.807) is 11.3 Å². The van der Waals surface area contributed by atoms with Gasteiger partial charge >= 0.3 is 0 Å². The fourth-order valence-corrected chi connectivity index (χ4v) is 1.86. The molecule has 0 aliphatic heterocycles. The summed E-state index contributed by atoms with van der Waals surface area (Å²) in [5.41, 5.74) is 0. The SMILES string of the molecule is CCCOCCC(=O)Cc1cccs1. The van der Waals surface area contributed by atoms with E-state index in [2.05, 4.69) is 6.92 Å². The van der Waals surface area contributed by atoms with Crippen molar-refractivity contribution in [2.45, 2.75) is 26.2 Å². The van der Waals surface area contributed by atoms with Crippen LogP contribution in [0.3, 0.4) is 0 Å². The van der Waals surface area contributed by atoms with Crippen LogP contribution in [0.1, 0.15) is 24.6 Å². The van der Waals surface area contributed by atoms with E-state index in [9.17, 15) is 4.79 Å². The number of hydrogen-bond acceptors (Lipinski definition) is 3. The van der Waals surface area contributed by atoms with Gasteiger partial charge in [-0.3, -0.25) is 4.79 Å². The summed E-state index contributed by atoms with van der Waals surface area (Å²) in [4.78, 5) is 12.5. The Balaban J connectivity index is 2.11. The molecule has 0 saturated heterocycles. The summed E-state index contributed by atoms with van der Waals surface area (Å²) >= 11 is 1.63. The van der Waals surface area contributed by atoms with Gasteiger partial charge in [-0.25, -0.2) is 0 Å². The average molecular weight is 212 g/mol. The van der Waals surface area contributed by atoms with E-state index < -0.39 is 0 Å². The summed E-state index contributed by atoms with van der Waals surface area (Å²) in [5, 5.41) is 2.00. The molecule has 78 valence electrons. The molecule has 3 heteroatoms. The summed E-state index contributed by atoms with van der Waals surface area (Å²) in [5.74, 6) is 0.267. The lowest BCUT2D eigenvalue weighted by Gasteiger charge is -2.00. The third-order valence-corrected chi connectivity index (χ3v) is 2.70. The lowest BCUT2D eigenvalue weighted by atomic mass is 10.2. The van der Waals surface area contributed by atoms with Crippen LogP contribution in [0.15, 0.2) is 17.5 Å². The van der Waals surface area contributed by atoms with Gasteiger partial charge in [0.2, 0.25) is 0 Å². The number of ketones is 1. The van der Waals surface area contributed by atoms with Crippen LogP contribution in [-0.4, -0.2) is 19.0 Å². The van der Waals surface area contributed by atoms with Gasteiger partial charge in [-0.2, -0.15) is 0 Å². The molecule has 0 aliphatic rings. The van der Waals surface area contributed by atoms with Crippen molar-refractivity contribution >= 4 is 17.1 Å². The van der Waals surface area contributed by atoms with Crippen molar-refractivity contribution in [1.29, 1.82) is 0 Å². The highest BCUT2D eigenvalue weighted by Gasteiger charge is 2.03. The van der Waals surface area contributed by atoms with Gasteiger partial charge in [0.1, 0.15) is 5.78 Å². The molecule has 1 heterocycles. The van der Waals surface area contributed by atoms with Crippen molar-refractivity contribution in [2.24, 2.45) is 0 Å². The molecule has 0 N–H and O–H groups in total. The second kappa shape index (κ2) is 6.74. The highest BCUT2D eigenvalue weighted by molar-refractivity contribution is 7.10. The second-order valence-corrected chi connectivity index (χ2v) is 4.19. The maximum atomic E-state index is 11.4. The van der Waals surface area contributed by atoms with Crippen LogP contribution >= 0.6 is 11.3 Å². The first-order chi connectivity index (χ1) is 6.83. The number of carbonyl (C=O) groups excluding carboxylic acids is 1. The van der Waals surface area contributed by atoms with E-state index in [4.69, 9.17) is 4.74 Å². The molecule has 0 bridgehead atoms. The Morgan fingerprint density at radius 1 is 1.50 bits per heavy atom. The first-order valence-corrected chi connectivity index (χ1v) is 5.82. The smallest absolute Gasteiger partial charge is 0.140 e. The number of carbonyl (C=O) groups is 1. The molecule has 0 fully saturated rings. The van der Waals surface area contributed by atoms with Crippen molar-refractivity contribution in [3.05, 3.63) is 22.4 Å². The van der Waals surface area contributed by atoms with Crippen LogP contribution in [-0.2, 0) is 16.0 Å². The summed E-state index contributed by atoms with van der Waals surface area (Å²) in [6.07, 6.45) is 2.12. The zero-order valence-electron chi connectivity index (χ0n) is 8.49. The Kier molecular flexibility index (Phi) is 5.49. The minimum absolute atomic E-state index is 0.267. The lowest BCUT2D eigenvalue weighted by molar-refractivity contribution is -0.119. The molecule has 0 aliphatic carbocycles. The third-order valence-electron chi connectivity index (χ3n) is 1.83. The maximum absolute atomic E-state index is 11.4. The van der Waals surface area contributed by atoms with Crippen LogP contribution in [0.4, 0.5) is 0 Å². The van der Waals surface area contributed by atoms with Gasteiger partial charge < -0.3 is 4.74 Å². The van der Waals surface area contributed by atoms with Crippen molar-refractivity contribution in [2.75, 3.05) is 13.2 Å². The van der Waals surface area contributed by atoms with Crippen molar-refractivity contribution < 1.29 is 9.53 Å². The van der Waals surface area contributed by atoms with Crippen LogP contribution in [0.5, 0.6) is 0 Å².